The van der Waals surface area contributed by atoms with Crippen LogP contribution in [0.15, 0.2) is 55.0 Å². The van der Waals surface area contributed by atoms with E-state index in [0.717, 1.165) is 36.5 Å². The first kappa shape index (κ1) is 35.8. The average Bonchev–Trinajstić information content (AvgIpc) is 2.92. The fourth-order valence-corrected chi connectivity index (χ4v) is 4.40. The van der Waals surface area contributed by atoms with E-state index in [0.29, 0.717) is 45.5 Å². The third-order valence-electron chi connectivity index (χ3n) is 7.03. The molecule has 0 fully saturated rings. The van der Waals surface area contributed by atoms with Crippen molar-refractivity contribution in [2.45, 2.75) is 72.8 Å². The van der Waals surface area contributed by atoms with Gasteiger partial charge in [0.25, 0.3) is 0 Å². The van der Waals surface area contributed by atoms with Gasteiger partial charge in [0, 0.05) is 62.7 Å². The van der Waals surface area contributed by atoms with E-state index in [2.05, 4.69) is 73.1 Å². The number of nitrogens with one attached hydrogen (secondary N) is 4. The monoisotopic (exact) mass is 569 g/mol. The van der Waals surface area contributed by atoms with Crippen LogP contribution in [0.4, 0.5) is 0 Å². The topological polar surface area (TPSA) is 94.7 Å². The predicted molar refractivity (Wildman–Crippen MR) is 170 cm³/mol. The molecule has 1 aromatic carbocycles. The van der Waals surface area contributed by atoms with Crippen LogP contribution in [0.5, 0.6) is 0 Å². The van der Waals surface area contributed by atoms with E-state index in [1.165, 1.54) is 16.7 Å². The number of aryl methyl sites for hydroxylation is 3. The first-order valence-electron chi connectivity index (χ1n) is 14.7. The lowest BCUT2D eigenvalue weighted by Gasteiger charge is -2.33. The lowest BCUT2D eigenvalue weighted by Crippen LogP contribution is -2.45. The van der Waals surface area contributed by atoms with Gasteiger partial charge in [-0.25, -0.2) is 0 Å². The van der Waals surface area contributed by atoms with Crippen molar-refractivity contribution in [2.24, 2.45) is 5.41 Å². The van der Waals surface area contributed by atoms with Gasteiger partial charge in [-0.1, -0.05) is 57.3 Å². The minimum Gasteiger partial charge on any atom is -0.390 e. The van der Waals surface area contributed by atoms with Gasteiger partial charge in [0.2, 0.25) is 11.8 Å². The first-order valence-corrected chi connectivity index (χ1v) is 14.7. The van der Waals surface area contributed by atoms with Crippen LogP contribution in [0, 0.1) is 12.3 Å². The lowest BCUT2D eigenvalue weighted by atomic mass is 9.87. The largest absolute Gasteiger partial charge is 0.390 e. The van der Waals surface area contributed by atoms with Crippen molar-refractivity contribution in [3.05, 3.63) is 71.7 Å². The van der Waals surface area contributed by atoms with E-state index in [-0.39, 0.29) is 17.9 Å². The van der Waals surface area contributed by atoms with Crippen LogP contribution in [-0.2, 0) is 27.2 Å². The van der Waals surface area contributed by atoms with Gasteiger partial charge in [0.15, 0.2) is 0 Å². The lowest BCUT2D eigenvalue weighted by molar-refractivity contribution is -0.141. The van der Waals surface area contributed by atoms with E-state index in [1.807, 2.05) is 20.8 Å². The Morgan fingerprint density at radius 3 is 2.02 bits per heavy atom. The highest BCUT2D eigenvalue weighted by Gasteiger charge is 2.32. The molecule has 41 heavy (non-hydrogen) atoms. The summed E-state index contributed by atoms with van der Waals surface area (Å²) in [6.07, 6.45) is 3.33. The van der Waals surface area contributed by atoms with Crippen molar-refractivity contribution >= 4 is 11.8 Å². The van der Waals surface area contributed by atoms with Crippen molar-refractivity contribution in [3.8, 4) is 0 Å². The smallest absolute Gasteiger partial charge is 0.229 e. The summed E-state index contributed by atoms with van der Waals surface area (Å²) in [7, 11) is 3.59. The molecule has 0 bridgehead atoms. The predicted octanol–water partition coefficient (Wildman–Crippen LogP) is 4.22. The summed E-state index contributed by atoms with van der Waals surface area (Å²) in [6, 6.07) is 6.54. The Bertz CT molecular complexity index is 1020. The molecule has 230 valence electrons. The third kappa shape index (κ3) is 14.3. The van der Waals surface area contributed by atoms with E-state index >= 15 is 0 Å². The molecule has 0 spiro atoms. The van der Waals surface area contributed by atoms with Crippen LogP contribution in [0.3, 0.4) is 0 Å². The summed E-state index contributed by atoms with van der Waals surface area (Å²) in [4.78, 5) is 27.6. The molecule has 1 aromatic rings. The molecule has 1 unspecified atom stereocenters. The summed E-state index contributed by atoms with van der Waals surface area (Å²) in [5.74, 6) is 0.0152. The maximum absolute atomic E-state index is 13.4. The Labute approximate surface area is 249 Å². The zero-order valence-corrected chi connectivity index (χ0v) is 26.7. The quantitative estimate of drug-likeness (QED) is 0.177. The molecule has 0 aliphatic heterocycles. The molecule has 4 N–H and O–H groups in total. The molecular weight excluding hydrogens is 514 g/mol. The fourth-order valence-electron chi connectivity index (χ4n) is 4.40. The van der Waals surface area contributed by atoms with Crippen molar-refractivity contribution in [3.63, 3.8) is 0 Å². The Hall–Kier alpha value is -3.26. The maximum atomic E-state index is 13.4. The Balaban J connectivity index is 2.50. The zero-order chi connectivity index (χ0) is 31.0. The number of ether oxygens (including phenoxy) is 1. The number of allylic oxidation sites excluding steroid dienone is 1. The normalized spacial score (nSPS) is 11.8. The Morgan fingerprint density at radius 2 is 1.49 bits per heavy atom. The molecule has 0 radical (unpaired) electrons. The van der Waals surface area contributed by atoms with Crippen molar-refractivity contribution in [1.82, 2.24) is 26.2 Å². The number of likely N-dealkylation sites (N-methyl/N-ethyl adjacent to an activating group) is 2. The second-order valence-corrected chi connectivity index (χ2v) is 11.4. The average molecular weight is 570 g/mol. The zero-order valence-electron chi connectivity index (χ0n) is 26.7. The van der Waals surface area contributed by atoms with Gasteiger partial charge >= 0.3 is 0 Å². The standard InChI is InChI=1S/C33H55N5O3/c1-11-36-25(3)12-13-29-18-24(2)19-30(20-29)14-15-31(39)37-21-28(6)41-17-16-33(7,8)32(40)38(22-26(4)34-9)23-27(5)35-10/h18-20,28,34-36H,3-5,11-17,21-23H2,1-2,6-10H3,(H,37,39). The molecule has 0 aliphatic carbocycles. The van der Waals surface area contributed by atoms with E-state index in [1.54, 1.807) is 19.0 Å². The van der Waals surface area contributed by atoms with Gasteiger partial charge in [-0.2, -0.15) is 0 Å². The number of rotatable bonds is 21. The highest BCUT2D eigenvalue weighted by Crippen LogP contribution is 2.25. The van der Waals surface area contributed by atoms with Crippen LogP contribution in [0.2, 0.25) is 0 Å². The second-order valence-electron chi connectivity index (χ2n) is 11.4. The number of carbonyl (C=O) groups excluding carboxylic acids is 2. The molecule has 1 rings (SSSR count). The SMILES string of the molecule is C=C(CN(CC(=C)NC)C(=O)C(C)(C)CCOC(C)CNC(=O)CCc1cc(C)cc(CCC(=C)NCC)c1)NC. The van der Waals surface area contributed by atoms with E-state index < -0.39 is 5.41 Å². The van der Waals surface area contributed by atoms with Crippen molar-refractivity contribution in [1.29, 1.82) is 0 Å². The molecule has 0 aromatic heterocycles. The number of hydrogen-bond donors (Lipinski definition) is 4. The van der Waals surface area contributed by atoms with Gasteiger partial charge in [-0.05, 0) is 57.6 Å². The molecule has 2 amide bonds. The number of nitrogens with zero attached hydrogens (tertiary/aromatic N) is 1. The molecule has 0 saturated carbocycles. The van der Waals surface area contributed by atoms with E-state index in [4.69, 9.17) is 4.74 Å². The van der Waals surface area contributed by atoms with E-state index in [9.17, 15) is 9.59 Å². The van der Waals surface area contributed by atoms with Crippen LogP contribution in [0.1, 0.15) is 63.6 Å². The Kier molecular flexibility index (Phi) is 15.9. The minimum absolute atomic E-state index is 0.00436. The first-order chi connectivity index (χ1) is 19.3. The molecule has 1 atom stereocenters. The van der Waals surface area contributed by atoms with Gasteiger partial charge < -0.3 is 30.9 Å². The number of carbonyl (C=O) groups is 2. The summed E-state index contributed by atoms with van der Waals surface area (Å²) in [6.45, 7) is 24.5. The number of benzene rings is 1. The van der Waals surface area contributed by atoms with Crippen LogP contribution in [0.25, 0.3) is 0 Å². The van der Waals surface area contributed by atoms with Crippen molar-refractivity contribution < 1.29 is 14.3 Å². The molecule has 0 aliphatic rings. The molecular formula is C33H55N5O3. The summed E-state index contributed by atoms with van der Waals surface area (Å²) >= 11 is 0. The molecule has 8 nitrogen and oxygen atoms in total. The van der Waals surface area contributed by atoms with Crippen LogP contribution in [-0.4, -0.2) is 69.7 Å². The van der Waals surface area contributed by atoms with Crippen LogP contribution < -0.4 is 21.3 Å². The summed E-state index contributed by atoms with van der Waals surface area (Å²) < 4.78 is 5.96. The van der Waals surface area contributed by atoms with Crippen LogP contribution >= 0.6 is 0 Å². The molecule has 0 heterocycles. The summed E-state index contributed by atoms with van der Waals surface area (Å²) in [5, 5.41) is 12.3. The van der Waals surface area contributed by atoms with Gasteiger partial charge in [0.05, 0.1) is 19.2 Å². The highest BCUT2D eigenvalue weighted by molar-refractivity contribution is 5.82. The third-order valence-corrected chi connectivity index (χ3v) is 7.03. The second kappa shape index (κ2) is 18.2. The van der Waals surface area contributed by atoms with Gasteiger partial charge in [0.1, 0.15) is 0 Å². The number of hydrogen-bond acceptors (Lipinski definition) is 6. The highest BCUT2D eigenvalue weighted by atomic mass is 16.5. The maximum Gasteiger partial charge on any atom is 0.229 e. The minimum atomic E-state index is -0.628. The molecule has 8 heteroatoms. The van der Waals surface area contributed by atoms with Gasteiger partial charge in [-0.15, -0.1) is 0 Å². The molecule has 0 saturated heterocycles. The number of amides is 2. The van der Waals surface area contributed by atoms with Gasteiger partial charge in [-0.3, -0.25) is 9.59 Å². The Morgan fingerprint density at radius 1 is 0.927 bits per heavy atom. The van der Waals surface area contributed by atoms with Crippen molar-refractivity contribution in [2.75, 3.05) is 46.9 Å². The summed E-state index contributed by atoms with van der Waals surface area (Å²) in [5.41, 5.74) is 5.58. The fraction of sp³-hybridized carbons (Fsp3) is 0.576.